The Bertz CT molecular complexity index is 659. The van der Waals surface area contributed by atoms with E-state index in [1.165, 1.54) is 11.1 Å². The van der Waals surface area contributed by atoms with Gasteiger partial charge in [0.15, 0.2) is 11.5 Å². The van der Waals surface area contributed by atoms with Crippen molar-refractivity contribution in [3.05, 3.63) is 59.2 Å². The van der Waals surface area contributed by atoms with E-state index in [9.17, 15) is 0 Å². The van der Waals surface area contributed by atoms with Crippen LogP contribution in [0.25, 0.3) is 0 Å². The number of ether oxygens (including phenoxy) is 2. The predicted octanol–water partition coefficient (Wildman–Crippen LogP) is 3.03. The van der Waals surface area contributed by atoms with Crippen molar-refractivity contribution in [2.24, 2.45) is 0 Å². The molecule has 0 unspecified atom stereocenters. The number of aliphatic hydroxyl groups excluding tert-OH is 1. The van der Waals surface area contributed by atoms with Gasteiger partial charge in [-0.3, -0.25) is 0 Å². The van der Waals surface area contributed by atoms with Gasteiger partial charge in [0.25, 0.3) is 0 Å². The van der Waals surface area contributed by atoms with E-state index in [2.05, 4.69) is 47.9 Å². The second-order valence-corrected chi connectivity index (χ2v) is 6.49. The molecule has 0 fully saturated rings. The molecule has 2 aromatic carbocycles. The maximum absolute atomic E-state index is 8.72. The van der Waals surface area contributed by atoms with Crippen molar-refractivity contribution in [2.75, 3.05) is 32.8 Å². The first-order valence-corrected chi connectivity index (χ1v) is 9.69. The number of benzene rings is 2. The highest BCUT2D eigenvalue weighted by Crippen LogP contribution is 2.29. The van der Waals surface area contributed by atoms with Gasteiger partial charge >= 0.3 is 0 Å². The van der Waals surface area contributed by atoms with Gasteiger partial charge in [0.1, 0.15) is 6.61 Å². The lowest BCUT2D eigenvalue weighted by Gasteiger charge is -2.14. The van der Waals surface area contributed by atoms with Crippen LogP contribution < -0.4 is 20.1 Å². The zero-order valence-corrected chi connectivity index (χ0v) is 16.5. The van der Waals surface area contributed by atoms with Crippen molar-refractivity contribution in [1.29, 1.82) is 0 Å². The van der Waals surface area contributed by atoms with Gasteiger partial charge in [-0.1, -0.05) is 35.9 Å². The van der Waals surface area contributed by atoms with Gasteiger partial charge in [-0.25, -0.2) is 0 Å². The zero-order valence-electron chi connectivity index (χ0n) is 16.5. The highest BCUT2D eigenvalue weighted by atomic mass is 16.5. The molecule has 0 spiro atoms. The second kappa shape index (κ2) is 12.3. The second-order valence-electron chi connectivity index (χ2n) is 6.49. The SMILES string of the molecule is CCOc1cc(CNCCCNCCO)ccc1OCc1ccc(C)cc1. The molecular weight excluding hydrogens is 340 g/mol. The molecule has 3 N–H and O–H groups in total. The third kappa shape index (κ3) is 7.99. The molecule has 0 bridgehead atoms. The Morgan fingerprint density at radius 2 is 1.59 bits per heavy atom. The van der Waals surface area contributed by atoms with Gasteiger partial charge in [-0.2, -0.15) is 0 Å². The molecule has 0 radical (unpaired) electrons. The molecule has 0 atom stereocenters. The standard InChI is InChI=1S/C22H32N2O3/c1-3-26-22-15-20(16-24-12-4-11-23-13-14-25)9-10-21(22)27-17-19-7-5-18(2)6-8-19/h5-10,15,23-25H,3-4,11-14,16-17H2,1-2H3. The third-order valence-electron chi connectivity index (χ3n) is 4.15. The summed E-state index contributed by atoms with van der Waals surface area (Å²) in [4.78, 5) is 0. The van der Waals surface area contributed by atoms with E-state index in [-0.39, 0.29) is 6.61 Å². The minimum atomic E-state index is 0.186. The Balaban J connectivity index is 1.84. The molecule has 0 amide bonds. The summed E-state index contributed by atoms with van der Waals surface area (Å²) in [6, 6.07) is 14.5. The fourth-order valence-corrected chi connectivity index (χ4v) is 2.67. The van der Waals surface area contributed by atoms with Crippen LogP contribution in [-0.4, -0.2) is 38.0 Å². The van der Waals surface area contributed by atoms with Crippen molar-refractivity contribution in [1.82, 2.24) is 10.6 Å². The van der Waals surface area contributed by atoms with E-state index >= 15 is 0 Å². The summed E-state index contributed by atoms with van der Waals surface area (Å²) in [5.41, 5.74) is 3.56. The summed E-state index contributed by atoms with van der Waals surface area (Å²) in [5, 5.41) is 15.3. The highest BCUT2D eigenvalue weighted by molar-refractivity contribution is 5.43. The predicted molar refractivity (Wildman–Crippen MR) is 109 cm³/mol. The highest BCUT2D eigenvalue weighted by Gasteiger charge is 2.07. The Hall–Kier alpha value is -2.08. The van der Waals surface area contributed by atoms with Crippen LogP contribution in [-0.2, 0) is 13.2 Å². The van der Waals surface area contributed by atoms with Crippen molar-refractivity contribution >= 4 is 0 Å². The smallest absolute Gasteiger partial charge is 0.161 e. The normalized spacial score (nSPS) is 10.8. The zero-order chi connectivity index (χ0) is 19.3. The summed E-state index contributed by atoms with van der Waals surface area (Å²) in [5.74, 6) is 1.56. The molecule has 27 heavy (non-hydrogen) atoms. The first-order chi connectivity index (χ1) is 13.2. The van der Waals surface area contributed by atoms with Crippen LogP contribution in [0, 0.1) is 6.92 Å². The first kappa shape index (κ1) is 21.2. The van der Waals surface area contributed by atoms with Crippen LogP contribution in [0.15, 0.2) is 42.5 Å². The molecule has 2 rings (SSSR count). The van der Waals surface area contributed by atoms with Crippen molar-refractivity contribution in [3.63, 3.8) is 0 Å². The Labute approximate surface area is 162 Å². The van der Waals surface area contributed by atoms with E-state index in [1.54, 1.807) is 0 Å². The maximum Gasteiger partial charge on any atom is 0.161 e. The molecule has 0 aromatic heterocycles. The quantitative estimate of drug-likeness (QED) is 0.472. The van der Waals surface area contributed by atoms with Crippen molar-refractivity contribution in [2.45, 2.75) is 33.4 Å². The summed E-state index contributed by atoms with van der Waals surface area (Å²) in [7, 11) is 0. The third-order valence-corrected chi connectivity index (χ3v) is 4.15. The van der Waals surface area contributed by atoms with Gasteiger partial charge < -0.3 is 25.2 Å². The van der Waals surface area contributed by atoms with E-state index in [1.807, 2.05) is 19.1 Å². The average Bonchev–Trinajstić information content (AvgIpc) is 2.68. The molecule has 148 valence electrons. The molecule has 0 heterocycles. The number of aliphatic hydroxyl groups is 1. The Kier molecular flexibility index (Phi) is 9.69. The molecule has 2 aromatic rings. The molecule has 0 saturated heterocycles. The van der Waals surface area contributed by atoms with Crippen LogP contribution >= 0.6 is 0 Å². The molecule has 0 aliphatic carbocycles. The molecule has 5 heteroatoms. The Morgan fingerprint density at radius 3 is 2.33 bits per heavy atom. The molecular formula is C22H32N2O3. The van der Waals surface area contributed by atoms with Gasteiger partial charge in [0, 0.05) is 13.1 Å². The number of hydrogen-bond donors (Lipinski definition) is 3. The van der Waals surface area contributed by atoms with E-state index < -0.39 is 0 Å². The summed E-state index contributed by atoms with van der Waals surface area (Å²) in [6.07, 6.45) is 1.02. The molecule has 0 aliphatic rings. The lowest BCUT2D eigenvalue weighted by molar-refractivity contribution is 0.269. The van der Waals surface area contributed by atoms with Crippen molar-refractivity contribution < 1.29 is 14.6 Å². The molecule has 0 saturated carbocycles. The van der Waals surface area contributed by atoms with E-state index in [0.717, 1.165) is 43.1 Å². The summed E-state index contributed by atoms with van der Waals surface area (Å²) < 4.78 is 11.7. The fraction of sp³-hybridized carbons (Fsp3) is 0.455. The van der Waals surface area contributed by atoms with Crippen LogP contribution in [0.3, 0.4) is 0 Å². The first-order valence-electron chi connectivity index (χ1n) is 9.69. The number of rotatable bonds is 13. The lowest BCUT2D eigenvalue weighted by Crippen LogP contribution is -2.23. The summed E-state index contributed by atoms with van der Waals surface area (Å²) >= 11 is 0. The monoisotopic (exact) mass is 372 g/mol. The van der Waals surface area contributed by atoms with Gasteiger partial charge in [0.2, 0.25) is 0 Å². The minimum Gasteiger partial charge on any atom is -0.490 e. The van der Waals surface area contributed by atoms with Crippen LogP contribution in [0.1, 0.15) is 30.0 Å². The number of hydrogen-bond acceptors (Lipinski definition) is 5. The van der Waals surface area contributed by atoms with Crippen LogP contribution in [0.4, 0.5) is 0 Å². The minimum absolute atomic E-state index is 0.186. The molecule has 5 nitrogen and oxygen atoms in total. The van der Waals surface area contributed by atoms with E-state index in [0.29, 0.717) is 19.8 Å². The van der Waals surface area contributed by atoms with E-state index in [4.69, 9.17) is 14.6 Å². The topological polar surface area (TPSA) is 62.8 Å². The van der Waals surface area contributed by atoms with Crippen LogP contribution in [0.2, 0.25) is 0 Å². The maximum atomic E-state index is 8.72. The number of aryl methyl sites for hydroxylation is 1. The fourth-order valence-electron chi connectivity index (χ4n) is 2.67. The summed E-state index contributed by atoms with van der Waals surface area (Å²) in [6.45, 7) is 8.65. The van der Waals surface area contributed by atoms with Gasteiger partial charge in [0.05, 0.1) is 13.2 Å². The lowest BCUT2D eigenvalue weighted by atomic mass is 10.1. The van der Waals surface area contributed by atoms with Crippen molar-refractivity contribution in [3.8, 4) is 11.5 Å². The van der Waals surface area contributed by atoms with Gasteiger partial charge in [-0.05, 0) is 56.6 Å². The number of nitrogens with one attached hydrogen (secondary N) is 2. The van der Waals surface area contributed by atoms with Crippen LogP contribution in [0.5, 0.6) is 11.5 Å². The average molecular weight is 373 g/mol. The molecule has 0 aliphatic heterocycles. The largest absolute Gasteiger partial charge is 0.490 e. The Morgan fingerprint density at radius 1 is 0.852 bits per heavy atom. The van der Waals surface area contributed by atoms with Gasteiger partial charge in [-0.15, -0.1) is 0 Å².